The van der Waals surface area contributed by atoms with Crippen molar-refractivity contribution in [3.05, 3.63) is 78.5 Å². The Labute approximate surface area is 243 Å². The first kappa shape index (κ1) is 29.9. The van der Waals surface area contributed by atoms with Gasteiger partial charge in [0, 0.05) is 0 Å². The molecule has 9 nitrogen and oxygen atoms in total. The molecule has 218 valence electrons. The van der Waals surface area contributed by atoms with Gasteiger partial charge in [-0.1, -0.05) is 37.3 Å². The van der Waals surface area contributed by atoms with Crippen LogP contribution in [0, 0.1) is 5.92 Å². The van der Waals surface area contributed by atoms with Crippen LogP contribution in [-0.4, -0.2) is 42.6 Å². The van der Waals surface area contributed by atoms with Crippen LogP contribution in [0.5, 0.6) is 23.0 Å². The second-order valence-corrected chi connectivity index (χ2v) is 10.9. The standard InChI is InChI=1S/C31H36N2O7S/c1-7-38-24-15-20(9-11-22(24)34)16-26-29(35)33-28(27(30(36)39-8-2)19(5)32-31(33)41-26)21-10-12-23(25(17-21)37-6)40-14-13-18(3)4/h9-12,15-18,28,34H,7-8,13-14H2,1-6H3/b26-16-. The van der Waals surface area contributed by atoms with E-state index in [4.69, 9.17) is 18.9 Å². The number of carbonyl (C=O) groups excluding carboxylic acids is 1. The number of fused-ring (bicyclic) bond motifs is 1. The van der Waals surface area contributed by atoms with E-state index in [9.17, 15) is 14.7 Å². The normalized spacial score (nSPS) is 15.0. The fourth-order valence-electron chi connectivity index (χ4n) is 4.53. The topological polar surface area (TPSA) is 109 Å². The van der Waals surface area contributed by atoms with Crippen molar-refractivity contribution in [2.45, 2.75) is 47.1 Å². The van der Waals surface area contributed by atoms with Crippen molar-refractivity contribution < 1.29 is 28.8 Å². The maximum Gasteiger partial charge on any atom is 0.338 e. The number of aromatic hydroxyl groups is 1. The van der Waals surface area contributed by atoms with E-state index in [1.807, 2.05) is 13.0 Å². The van der Waals surface area contributed by atoms with E-state index in [2.05, 4.69) is 18.8 Å². The van der Waals surface area contributed by atoms with Crippen molar-refractivity contribution >= 4 is 23.4 Å². The predicted molar refractivity (Wildman–Crippen MR) is 158 cm³/mol. The summed E-state index contributed by atoms with van der Waals surface area (Å²) in [5.41, 5.74) is 1.78. The number of phenols is 1. The Hall–Kier alpha value is -4.05. The molecule has 1 N–H and O–H groups in total. The van der Waals surface area contributed by atoms with Gasteiger partial charge in [0.2, 0.25) is 0 Å². The van der Waals surface area contributed by atoms with Crippen molar-refractivity contribution in [1.29, 1.82) is 0 Å². The van der Waals surface area contributed by atoms with E-state index in [1.165, 1.54) is 22.0 Å². The van der Waals surface area contributed by atoms with Gasteiger partial charge in [0.15, 0.2) is 27.8 Å². The summed E-state index contributed by atoms with van der Waals surface area (Å²) in [6, 6.07) is 9.54. The molecule has 0 saturated carbocycles. The number of nitrogens with zero attached hydrogens (tertiary/aromatic N) is 2. The molecule has 2 heterocycles. The highest BCUT2D eigenvalue weighted by atomic mass is 32.1. The molecule has 1 unspecified atom stereocenters. The number of carbonyl (C=O) groups is 1. The zero-order valence-corrected chi connectivity index (χ0v) is 25.0. The van der Waals surface area contributed by atoms with Gasteiger partial charge < -0.3 is 24.1 Å². The van der Waals surface area contributed by atoms with E-state index < -0.39 is 12.0 Å². The number of rotatable bonds is 11. The van der Waals surface area contributed by atoms with Crippen LogP contribution in [0.15, 0.2) is 57.5 Å². The number of ether oxygens (including phenoxy) is 4. The molecular formula is C31H36N2O7S. The number of methoxy groups -OCH3 is 1. The number of phenolic OH excluding ortho intramolecular Hbond substituents is 1. The van der Waals surface area contributed by atoms with Gasteiger partial charge in [-0.25, -0.2) is 9.79 Å². The second kappa shape index (κ2) is 13.1. The van der Waals surface area contributed by atoms with Gasteiger partial charge in [0.05, 0.1) is 48.8 Å². The van der Waals surface area contributed by atoms with E-state index in [1.54, 1.807) is 51.3 Å². The third-order valence-corrected chi connectivity index (χ3v) is 7.54. The minimum absolute atomic E-state index is 0.0192. The predicted octanol–water partition coefficient (Wildman–Crippen LogP) is 4.34. The lowest BCUT2D eigenvalue weighted by Gasteiger charge is -2.25. The van der Waals surface area contributed by atoms with Gasteiger partial charge in [0.1, 0.15) is 0 Å². The largest absolute Gasteiger partial charge is 0.504 e. The molecule has 1 atom stereocenters. The van der Waals surface area contributed by atoms with Crippen molar-refractivity contribution in [2.75, 3.05) is 26.9 Å². The molecule has 0 saturated heterocycles. The molecule has 3 aromatic rings. The van der Waals surface area contributed by atoms with Crippen LogP contribution in [0.2, 0.25) is 0 Å². The van der Waals surface area contributed by atoms with E-state index in [0.29, 0.717) is 62.5 Å². The first-order valence-corrected chi connectivity index (χ1v) is 14.5. The molecule has 0 aliphatic carbocycles. The Kier molecular flexibility index (Phi) is 9.54. The molecule has 2 aromatic carbocycles. The molecule has 0 bridgehead atoms. The highest BCUT2D eigenvalue weighted by molar-refractivity contribution is 7.07. The Morgan fingerprint density at radius 3 is 2.56 bits per heavy atom. The molecule has 0 radical (unpaired) electrons. The minimum atomic E-state index is -0.787. The Balaban J connectivity index is 1.86. The van der Waals surface area contributed by atoms with Crippen molar-refractivity contribution in [3.8, 4) is 23.0 Å². The number of allylic oxidation sites excluding steroid dienone is 1. The van der Waals surface area contributed by atoms with Gasteiger partial charge in [-0.05, 0) is 74.6 Å². The van der Waals surface area contributed by atoms with Gasteiger partial charge in [-0.15, -0.1) is 0 Å². The lowest BCUT2D eigenvalue weighted by atomic mass is 9.95. The molecule has 0 amide bonds. The van der Waals surface area contributed by atoms with E-state index >= 15 is 0 Å². The third kappa shape index (κ3) is 6.48. The molecule has 1 aliphatic heterocycles. The Morgan fingerprint density at radius 1 is 1.10 bits per heavy atom. The second-order valence-electron chi connectivity index (χ2n) is 9.90. The summed E-state index contributed by atoms with van der Waals surface area (Å²) in [5, 5.41) is 10.1. The summed E-state index contributed by atoms with van der Waals surface area (Å²) < 4.78 is 24.4. The molecule has 41 heavy (non-hydrogen) atoms. The van der Waals surface area contributed by atoms with Crippen molar-refractivity contribution in [3.63, 3.8) is 0 Å². The van der Waals surface area contributed by atoms with Gasteiger partial charge >= 0.3 is 5.97 Å². The van der Waals surface area contributed by atoms with E-state index in [-0.39, 0.29) is 23.5 Å². The van der Waals surface area contributed by atoms with E-state index in [0.717, 1.165) is 6.42 Å². The quantitative estimate of drug-likeness (QED) is 0.336. The van der Waals surface area contributed by atoms with Crippen LogP contribution >= 0.6 is 11.3 Å². The molecule has 0 spiro atoms. The molecule has 0 fully saturated rings. The van der Waals surface area contributed by atoms with Crippen LogP contribution in [0.3, 0.4) is 0 Å². The molecule has 1 aliphatic rings. The first-order chi connectivity index (χ1) is 19.7. The van der Waals surface area contributed by atoms with Crippen LogP contribution < -0.4 is 29.1 Å². The van der Waals surface area contributed by atoms with Crippen LogP contribution in [0.25, 0.3) is 6.08 Å². The summed E-state index contributed by atoms with van der Waals surface area (Å²) in [4.78, 5) is 32.2. The molecule has 4 rings (SSSR count). The fraction of sp³-hybridized carbons (Fsp3) is 0.387. The number of hydrogen-bond donors (Lipinski definition) is 1. The van der Waals surface area contributed by atoms with Crippen LogP contribution in [-0.2, 0) is 9.53 Å². The average molecular weight is 581 g/mol. The maximum atomic E-state index is 13.9. The maximum absolute atomic E-state index is 13.9. The van der Waals surface area contributed by atoms with Gasteiger partial charge in [-0.2, -0.15) is 0 Å². The molecule has 1 aromatic heterocycles. The van der Waals surface area contributed by atoms with Crippen LogP contribution in [0.1, 0.15) is 58.2 Å². The van der Waals surface area contributed by atoms with Crippen molar-refractivity contribution in [1.82, 2.24) is 4.57 Å². The fourth-order valence-corrected chi connectivity index (χ4v) is 5.57. The zero-order valence-electron chi connectivity index (χ0n) is 24.2. The first-order valence-electron chi connectivity index (χ1n) is 13.6. The van der Waals surface area contributed by atoms with Gasteiger partial charge in [-0.3, -0.25) is 9.36 Å². The van der Waals surface area contributed by atoms with Crippen LogP contribution in [0.4, 0.5) is 0 Å². The molecular weight excluding hydrogens is 544 g/mol. The smallest absolute Gasteiger partial charge is 0.338 e. The summed E-state index contributed by atoms with van der Waals surface area (Å²) in [6.07, 6.45) is 2.61. The highest BCUT2D eigenvalue weighted by Gasteiger charge is 2.34. The van der Waals surface area contributed by atoms with Gasteiger partial charge in [0.25, 0.3) is 5.56 Å². The monoisotopic (exact) mass is 580 g/mol. The SMILES string of the molecule is CCOC(=O)C1=C(C)N=c2s/c(=C\c3ccc(O)c(OCC)c3)c(=O)n2C1c1ccc(OCCC(C)C)c(OC)c1. The number of thiazole rings is 1. The Morgan fingerprint density at radius 2 is 1.88 bits per heavy atom. The average Bonchev–Trinajstić information content (AvgIpc) is 3.23. The summed E-state index contributed by atoms with van der Waals surface area (Å²) in [7, 11) is 1.56. The lowest BCUT2D eigenvalue weighted by Crippen LogP contribution is -2.40. The highest BCUT2D eigenvalue weighted by Crippen LogP contribution is 2.36. The van der Waals surface area contributed by atoms with Crippen molar-refractivity contribution in [2.24, 2.45) is 10.9 Å². The number of hydrogen-bond acceptors (Lipinski definition) is 9. The summed E-state index contributed by atoms with van der Waals surface area (Å²) in [6.45, 7) is 10.7. The summed E-state index contributed by atoms with van der Waals surface area (Å²) >= 11 is 1.22. The number of benzene rings is 2. The third-order valence-electron chi connectivity index (χ3n) is 6.55. The number of esters is 1. The Bertz CT molecular complexity index is 1630. The number of aromatic nitrogens is 1. The lowest BCUT2D eigenvalue weighted by molar-refractivity contribution is -0.139. The summed E-state index contributed by atoms with van der Waals surface area (Å²) in [5.74, 6) is 1.39. The zero-order chi connectivity index (χ0) is 29.7. The molecule has 10 heteroatoms. The minimum Gasteiger partial charge on any atom is -0.504 e.